The van der Waals surface area contributed by atoms with Gasteiger partial charge in [0.1, 0.15) is 10.9 Å². The Morgan fingerprint density at radius 1 is 1.55 bits per heavy atom. The fourth-order valence-electron chi connectivity index (χ4n) is 0.620. The highest BCUT2D eigenvalue weighted by Gasteiger charge is 2.03. The molecular weight excluding hydrogens is 185 g/mol. The molecule has 0 atom stereocenters. The lowest BCUT2D eigenvalue weighted by atomic mass is 10.2. The maximum atomic E-state index is 8.93. The van der Waals surface area contributed by atoms with E-state index in [0.29, 0.717) is 15.7 Å². The van der Waals surface area contributed by atoms with E-state index in [2.05, 4.69) is 11.6 Å². The SMILES string of the molecule is C=C(O)c1cnc(Cl)cc1Cl. The molecule has 0 radical (unpaired) electrons. The van der Waals surface area contributed by atoms with E-state index >= 15 is 0 Å². The molecule has 0 amide bonds. The van der Waals surface area contributed by atoms with Gasteiger partial charge in [-0.25, -0.2) is 4.98 Å². The summed E-state index contributed by atoms with van der Waals surface area (Å²) in [4.78, 5) is 3.72. The average Bonchev–Trinajstić information content (AvgIpc) is 1.85. The third-order valence-electron chi connectivity index (χ3n) is 1.13. The fourth-order valence-corrected chi connectivity index (χ4v) is 1.09. The third-order valence-corrected chi connectivity index (χ3v) is 1.65. The van der Waals surface area contributed by atoms with Crippen molar-refractivity contribution in [1.29, 1.82) is 0 Å². The van der Waals surface area contributed by atoms with Crippen LogP contribution in [0.25, 0.3) is 5.76 Å². The van der Waals surface area contributed by atoms with E-state index in [0.717, 1.165) is 0 Å². The molecular formula is C7H5Cl2NO. The molecule has 0 aliphatic carbocycles. The van der Waals surface area contributed by atoms with Crippen LogP contribution in [0.1, 0.15) is 5.56 Å². The molecule has 0 spiro atoms. The zero-order valence-electron chi connectivity index (χ0n) is 5.51. The Labute approximate surface area is 74.1 Å². The Morgan fingerprint density at radius 3 is 2.64 bits per heavy atom. The van der Waals surface area contributed by atoms with Crippen LogP contribution in [0.3, 0.4) is 0 Å². The predicted octanol–water partition coefficient (Wildman–Crippen LogP) is 2.92. The highest BCUT2D eigenvalue weighted by molar-refractivity contribution is 6.34. The van der Waals surface area contributed by atoms with Crippen molar-refractivity contribution in [2.75, 3.05) is 0 Å². The molecule has 0 saturated carbocycles. The van der Waals surface area contributed by atoms with E-state index in [9.17, 15) is 0 Å². The van der Waals surface area contributed by atoms with E-state index in [4.69, 9.17) is 28.3 Å². The Bertz CT molecular complexity index is 298. The molecule has 1 rings (SSSR count). The lowest BCUT2D eigenvalue weighted by molar-refractivity contribution is 0.513. The van der Waals surface area contributed by atoms with Gasteiger partial charge in [-0.3, -0.25) is 0 Å². The van der Waals surface area contributed by atoms with Gasteiger partial charge in [0.15, 0.2) is 0 Å². The largest absolute Gasteiger partial charge is 0.508 e. The molecule has 0 saturated heterocycles. The molecule has 0 bridgehead atoms. The average molecular weight is 190 g/mol. The predicted molar refractivity (Wildman–Crippen MR) is 45.9 cm³/mol. The van der Waals surface area contributed by atoms with Crippen LogP contribution in [0.4, 0.5) is 0 Å². The Balaban J connectivity index is 3.20. The van der Waals surface area contributed by atoms with Crippen molar-refractivity contribution in [3.63, 3.8) is 0 Å². The number of aromatic nitrogens is 1. The van der Waals surface area contributed by atoms with Gasteiger partial charge in [0.25, 0.3) is 0 Å². The molecule has 1 aromatic rings. The summed E-state index contributed by atoms with van der Waals surface area (Å²) in [6, 6.07) is 1.44. The minimum atomic E-state index is -0.112. The first-order valence-corrected chi connectivity index (χ1v) is 3.56. The summed E-state index contributed by atoms with van der Waals surface area (Å²) in [6.45, 7) is 3.30. The molecule has 1 aromatic heterocycles. The normalized spacial score (nSPS) is 9.64. The number of hydrogen-bond donors (Lipinski definition) is 1. The quantitative estimate of drug-likeness (QED) is 0.545. The van der Waals surface area contributed by atoms with Crippen molar-refractivity contribution in [3.8, 4) is 0 Å². The first-order valence-electron chi connectivity index (χ1n) is 2.80. The highest BCUT2D eigenvalue weighted by Crippen LogP contribution is 2.22. The number of hydrogen-bond acceptors (Lipinski definition) is 2. The zero-order chi connectivity index (χ0) is 8.43. The van der Waals surface area contributed by atoms with Gasteiger partial charge in [-0.15, -0.1) is 0 Å². The molecule has 58 valence electrons. The molecule has 0 aromatic carbocycles. The van der Waals surface area contributed by atoms with Crippen molar-refractivity contribution in [3.05, 3.63) is 34.6 Å². The van der Waals surface area contributed by atoms with Crippen LogP contribution in [-0.2, 0) is 0 Å². The smallest absolute Gasteiger partial charge is 0.130 e. The second-order valence-corrected chi connectivity index (χ2v) is 2.73. The fraction of sp³-hybridized carbons (Fsp3) is 0. The maximum absolute atomic E-state index is 8.93. The molecule has 4 heteroatoms. The van der Waals surface area contributed by atoms with Crippen LogP contribution in [-0.4, -0.2) is 10.1 Å². The lowest BCUT2D eigenvalue weighted by Gasteiger charge is -1.99. The summed E-state index contributed by atoms with van der Waals surface area (Å²) in [5.74, 6) is -0.112. The Morgan fingerprint density at radius 2 is 2.18 bits per heavy atom. The van der Waals surface area contributed by atoms with E-state index in [1.807, 2.05) is 0 Å². The second-order valence-electron chi connectivity index (χ2n) is 1.93. The molecule has 1 heterocycles. The summed E-state index contributed by atoms with van der Waals surface area (Å²) in [6.07, 6.45) is 1.37. The third kappa shape index (κ3) is 1.85. The van der Waals surface area contributed by atoms with Crippen molar-refractivity contribution in [1.82, 2.24) is 4.98 Å². The Kier molecular flexibility index (Phi) is 2.37. The molecule has 0 aliphatic heterocycles. The Hall–Kier alpha value is -0.730. The van der Waals surface area contributed by atoms with E-state index in [-0.39, 0.29) is 5.76 Å². The zero-order valence-corrected chi connectivity index (χ0v) is 7.02. The topological polar surface area (TPSA) is 33.1 Å². The molecule has 2 nitrogen and oxygen atoms in total. The molecule has 0 aliphatic rings. The van der Waals surface area contributed by atoms with Crippen LogP contribution in [0.5, 0.6) is 0 Å². The van der Waals surface area contributed by atoms with Crippen molar-refractivity contribution < 1.29 is 5.11 Å². The lowest BCUT2D eigenvalue weighted by Crippen LogP contribution is -1.85. The van der Waals surface area contributed by atoms with Gasteiger partial charge in [0.05, 0.1) is 10.6 Å². The van der Waals surface area contributed by atoms with Crippen LogP contribution in [0, 0.1) is 0 Å². The van der Waals surface area contributed by atoms with E-state index in [1.54, 1.807) is 0 Å². The van der Waals surface area contributed by atoms with E-state index < -0.39 is 0 Å². The molecule has 0 fully saturated rings. The number of aliphatic hydroxyl groups excluding tert-OH is 1. The van der Waals surface area contributed by atoms with Crippen LogP contribution in [0.15, 0.2) is 18.8 Å². The van der Waals surface area contributed by atoms with Crippen molar-refractivity contribution in [2.24, 2.45) is 0 Å². The standard InChI is InChI=1S/C7H5Cl2NO/c1-4(11)5-3-10-7(9)2-6(5)8/h2-3,11H,1H2. The van der Waals surface area contributed by atoms with Crippen molar-refractivity contribution >= 4 is 29.0 Å². The highest BCUT2D eigenvalue weighted by atomic mass is 35.5. The van der Waals surface area contributed by atoms with E-state index in [1.165, 1.54) is 12.3 Å². The van der Waals surface area contributed by atoms with Gasteiger partial charge in [-0.1, -0.05) is 29.8 Å². The number of pyridine rings is 1. The maximum Gasteiger partial charge on any atom is 0.130 e. The summed E-state index contributed by atoms with van der Waals surface area (Å²) >= 11 is 11.2. The van der Waals surface area contributed by atoms with Gasteiger partial charge in [-0.05, 0) is 6.07 Å². The number of rotatable bonds is 1. The number of nitrogens with zero attached hydrogens (tertiary/aromatic N) is 1. The van der Waals surface area contributed by atoms with Crippen LogP contribution in [0.2, 0.25) is 10.2 Å². The summed E-state index contributed by atoms with van der Waals surface area (Å²) in [5, 5.41) is 9.57. The monoisotopic (exact) mass is 189 g/mol. The first-order chi connectivity index (χ1) is 5.11. The summed E-state index contributed by atoms with van der Waals surface area (Å²) in [7, 11) is 0. The van der Waals surface area contributed by atoms with Gasteiger partial charge < -0.3 is 5.11 Å². The van der Waals surface area contributed by atoms with Gasteiger partial charge in [-0.2, -0.15) is 0 Å². The summed E-state index contributed by atoms with van der Waals surface area (Å²) in [5.41, 5.74) is 0.399. The summed E-state index contributed by atoms with van der Waals surface area (Å²) < 4.78 is 0. The van der Waals surface area contributed by atoms with Crippen molar-refractivity contribution in [2.45, 2.75) is 0 Å². The second kappa shape index (κ2) is 3.11. The van der Waals surface area contributed by atoms with Crippen LogP contribution < -0.4 is 0 Å². The molecule has 11 heavy (non-hydrogen) atoms. The number of aliphatic hydroxyl groups is 1. The minimum Gasteiger partial charge on any atom is -0.508 e. The van der Waals surface area contributed by atoms with Crippen LogP contribution >= 0.6 is 23.2 Å². The minimum absolute atomic E-state index is 0.112. The van der Waals surface area contributed by atoms with Gasteiger partial charge in [0, 0.05) is 6.20 Å². The molecule has 0 unspecified atom stereocenters. The van der Waals surface area contributed by atoms with Gasteiger partial charge in [0.2, 0.25) is 0 Å². The number of halogens is 2. The first kappa shape index (κ1) is 8.37. The van der Waals surface area contributed by atoms with Gasteiger partial charge >= 0.3 is 0 Å². The molecule has 1 N–H and O–H groups in total.